The third kappa shape index (κ3) is 6.45. The number of hydrogen-bond acceptors (Lipinski definition) is 7. The van der Waals surface area contributed by atoms with Crippen LogP contribution in [0.4, 0.5) is 9.59 Å². The molecule has 2 fully saturated rings. The molecule has 2 N–H and O–H groups in total. The van der Waals surface area contributed by atoms with E-state index in [9.17, 15) is 9.59 Å². The number of likely N-dealkylation sites (tertiary alicyclic amines) is 2. The highest BCUT2D eigenvalue weighted by atomic mass is 32.1. The van der Waals surface area contributed by atoms with Crippen molar-refractivity contribution in [1.82, 2.24) is 29.7 Å². The second-order valence-electron chi connectivity index (χ2n) is 14.5. The molecule has 11 heteroatoms. The van der Waals surface area contributed by atoms with Gasteiger partial charge in [0, 0.05) is 22.8 Å². The van der Waals surface area contributed by atoms with Gasteiger partial charge < -0.3 is 19.4 Å². The number of benzene rings is 2. The predicted octanol–water partition coefficient (Wildman–Crippen LogP) is 8.98. The number of aromatic nitrogens is 4. The SMILES string of the molecule is CC(C)(C)OC(=O)N1CCCC1c1nc2ccc(-c3ccc(-c4ccc5nc(C6CCCN6C(=O)OC(C)(C)C)[nH]c5c4)s3)cc2[nH]1. The maximum Gasteiger partial charge on any atom is 0.410 e. The predicted molar refractivity (Wildman–Crippen MR) is 184 cm³/mol. The number of hydrogen-bond donors (Lipinski definition) is 2. The summed E-state index contributed by atoms with van der Waals surface area (Å²) in [6.07, 6.45) is 2.95. The Morgan fingerprint density at radius 3 is 1.53 bits per heavy atom. The summed E-state index contributed by atoms with van der Waals surface area (Å²) in [6.45, 7) is 12.7. The van der Waals surface area contributed by atoms with E-state index in [1.165, 1.54) is 0 Å². The summed E-state index contributed by atoms with van der Waals surface area (Å²) in [5, 5.41) is 0. The fourth-order valence-electron chi connectivity index (χ4n) is 6.51. The summed E-state index contributed by atoms with van der Waals surface area (Å²) in [5.41, 5.74) is 4.78. The largest absolute Gasteiger partial charge is 0.444 e. The Balaban J connectivity index is 1.10. The van der Waals surface area contributed by atoms with Gasteiger partial charge in [-0.15, -0.1) is 11.3 Å². The van der Waals surface area contributed by atoms with Gasteiger partial charge in [0.1, 0.15) is 22.9 Å². The first-order valence-corrected chi connectivity index (χ1v) is 17.2. The number of carbonyl (C=O) groups excluding carboxylic acids is 2. The van der Waals surface area contributed by atoms with E-state index in [1.807, 2.05) is 53.7 Å². The highest BCUT2D eigenvalue weighted by Crippen LogP contribution is 2.39. The molecule has 10 nitrogen and oxygen atoms in total. The molecule has 47 heavy (non-hydrogen) atoms. The van der Waals surface area contributed by atoms with E-state index in [2.05, 4.69) is 46.4 Å². The number of rotatable bonds is 4. The quantitative estimate of drug-likeness (QED) is 0.200. The zero-order valence-electron chi connectivity index (χ0n) is 27.8. The first-order valence-electron chi connectivity index (χ1n) is 16.4. The molecule has 0 spiro atoms. The zero-order valence-corrected chi connectivity index (χ0v) is 28.7. The summed E-state index contributed by atoms with van der Waals surface area (Å²) in [4.78, 5) is 48.3. The van der Waals surface area contributed by atoms with Crippen molar-refractivity contribution in [2.24, 2.45) is 0 Å². The van der Waals surface area contributed by atoms with Crippen molar-refractivity contribution in [1.29, 1.82) is 0 Å². The number of fused-ring (bicyclic) bond motifs is 2. The van der Waals surface area contributed by atoms with Crippen molar-refractivity contribution in [3.05, 3.63) is 60.2 Å². The molecule has 5 heterocycles. The third-order valence-electron chi connectivity index (χ3n) is 8.57. The molecule has 2 aliphatic heterocycles. The van der Waals surface area contributed by atoms with Crippen LogP contribution in [0, 0.1) is 0 Å². The van der Waals surface area contributed by atoms with Crippen LogP contribution in [0.25, 0.3) is 42.9 Å². The fraction of sp³-hybridized carbons (Fsp3) is 0.444. The van der Waals surface area contributed by atoms with Crippen LogP contribution in [0.5, 0.6) is 0 Å². The Kier molecular flexibility index (Phi) is 7.77. The monoisotopic (exact) mass is 654 g/mol. The summed E-state index contributed by atoms with van der Waals surface area (Å²) in [5.74, 6) is 1.60. The molecule has 2 saturated heterocycles. The average Bonchev–Trinajstić information content (AvgIpc) is 3.82. The molecule has 2 aromatic carbocycles. The van der Waals surface area contributed by atoms with Crippen LogP contribution in [0.2, 0.25) is 0 Å². The summed E-state index contributed by atoms with van der Waals surface area (Å²) in [7, 11) is 0. The lowest BCUT2D eigenvalue weighted by atomic mass is 10.1. The number of amides is 2. The molecule has 2 aliphatic rings. The van der Waals surface area contributed by atoms with E-state index in [0.29, 0.717) is 13.1 Å². The van der Waals surface area contributed by atoms with Crippen LogP contribution in [0.1, 0.15) is 91.0 Å². The van der Waals surface area contributed by atoms with E-state index < -0.39 is 11.2 Å². The van der Waals surface area contributed by atoms with E-state index in [1.54, 1.807) is 21.1 Å². The van der Waals surface area contributed by atoms with Crippen molar-refractivity contribution in [3.63, 3.8) is 0 Å². The van der Waals surface area contributed by atoms with Crippen molar-refractivity contribution < 1.29 is 19.1 Å². The third-order valence-corrected chi connectivity index (χ3v) is 9.75. The minimum absolute atomic E-state index is 0.124. The number of nitrogens with zero attached hydrogens (tertiary/aromatic N) is 4. The lowest BCUT2D eigenvalue weighted by molar-refractivity contribution is 0.0208. The van der Waals surface area contributed by atoms with Gasteiger partial charge in [-0.1, -0.05) is 12.1 Å². The average molecular weight is 655 g/mol. The van der Waals surface area contributed by atoms with Crippen LogP contribution in [0.15, 0.2) is 48.5 Å². The van der Waals surface area contributed by atoms with Crippen molar-refractivity contribution in [3.8, 4) is 20.9 Å². The standard InChI is InChI=1S/C36H42N6O4S/c1-35(2,3)45-33(43)41-17-7-9-27(41)31-37-23-13-11-21(19-25(23)39-31)29-15-16-30(47-29)22-12-14-24-26(20-22)40-32(38-24)28-10-8-18-42(28)34(44)46-36(4,5)6/h11-16,19-20,27-28H,7-10,17-18H2,1-6H3,(H,37,39)(H,38,40). The molecule has 3 aromatic heterocycles. The molecule has 0 radical (unpaired) electrons. The maximum atomic E-state index is 12.9. The molecular formula is C36H42N6O4S. The molecule has 0 saturated carbocycles. The van der Waals surface area contributed by atoms with Gasteiger partial charge in [-0.2, -0.15) is 0 Å². The van der Waals surface area contributed by atoms with Gasteiger partial charge in [0.05, 0.1) is 34.2 Å². The Morgan fingerprint density at radius 1 is 0.702 bits per heavy atom. The van der Waals surface area contributed by atoms with Crippen molar-refractivity contribution in [2.75, 3.05) is 13.1 Å². The maximum absolute atomic E-state index is 12.9. The van der Waals surface area contributed by atoms with E-state index in [4.69, 9.17) is 19.4 Å². The molecule has 0 bridgehead atoms. The minimum atomic E-state index is -0.541. The Labute approximate surface area is 278 Å². The number of thiophene rings is 1. The number of nitrogens with one attached hydrogen (secondary N) is 2. The number of imidazole rings is 2. The second-order valence-corrected chi connectivity index (χ2v) is 15.6. The lowest BCUT2D eigenvalue weighted by Gasteiger charge is -2.27. The van der Waals surface area contributed by atoms with Crippen LogP contribution < -0.4 is 0 Å². The molecule has 7 rings (SSSR count). The van der Waals surface area contributed by atoms with Gasteiger partial charge >= 0.3 is 12.2 Å². The van der Waals surface area contributed by atoms with Crippen LogP contribution in [-0.2, 0) is 9.47 Å². The Morgan fingerprint density at radius 2 is 1.13 bits per heavy atom. The fourth-order valence-corrected chi connectivity index (χ4v) is 7.51. The minimum Gasteiger partial charge on any atom is -0.444 e. The molecular weight excluding hydrogens is 613 g/mol. The van der Waals surface area contributed by atoms with Crippen LogP contribution >= 0.6 is 11.3 Å². The summed E-state index contributed by atoms with van der Waals surface area (Å²) in [6, 6.07) is 16.6. The van der Waals surface area contributed by atoms with Gasteiger partial charge in [-0.05, 0) is 115 Å². The van der Waals surface area contributed by atoms with Crippen molar-refractivity contribution in [2.45, 2.75) is 90.5 Å². The van der Waals surface area contributed by atoms with E-state index in [-0.39, 0.29) is 24.3 Å². The lowest BCUT2D eigenvalue weighted by Crippen LogP contribution is -2.36. The van der Waals surface area contributed by atoms with Crippen LogP contribution in [-0.4, -0.2) is 66.2 Å². The number of H-pyrrole nitrogens is 2. The molecule has 2 atom stereocenters. The van der Waals surface area contributed by atoms with E-state index in [0.717, 1.165) is 80.3 Å². The topological polar surface area (TPSA) is 116 Å². The number of ether oxygens (including phenoxy) is 2. The van der Waals surface area contributed by atoms with E-state index >= 15 is 0 Å². The van der Waals surface area contributed by atoms with Crippen molar-refractivity contribution >= 4 is 45.6 Å². The smallest absolute Gasteiger partial charge is 0.410 e. The Hall–Kier alpha value is -4.38. The molecule has 5 aromatic rings. The van der Waals surface area contributed by atoms with Crippen LogP contribution in [0.3, 0.4) is 0 Å². The first kappa shape index (κ1) is 31.2. The zero-order chi connectivity index (χ0) is 33.1. The molecule has 2 unspecified atom stereocenters. The van der Waals surface area contributed by atoms with Gasteiger partial charge in [0.25, 0.3) is 0 Å². The highest BCUT2D eigenvalue weighted by Gasteiger charge is 2.36. The van der Waals surface area contributed by atoms with Gasteiger partial charge in [0.15, 0.2) is 0 Å². The Bertz CT molecular complexity index is 1820. The highest BCUT2D eigenvalue weighted by molar-refractivity contribution is 7.18. The number of carbonyl (C=O) groups is 2. The number of aromatic amines is 2. The molecule has 246 valence electrons. The molecule has 2 amide bonds. The second kappa shape index (κ2) is 11.7. The summed E-state index contributed by atoms with van der Waals surface area (Å²) < 4.78 is 11.3. The van der Waals surface area contributed by atoms with Gasteiger partial charge in [-0.3, -0.25) is 9.80 Å². The van der Waals surface area contributed by atoms with Gasteiger partial charge in [0.2, 0.25) is 0 Å². The molecule has 0 aliphatic carbocycles. The summed E-state index contributed by atoms with van der Waals surface area (Å²) >= 11 is 1.73. The normalized spacial score (nSPS) is 18.9. The first-order chi connectivity index (χ1) is 22.3. The van der Waals surface area contributed by atoms with Gasteiger partial charge in [-0.25, -0.2) is 19.6 Å².